The normalized spacial score (nSPS) is 19.2. The molecular weight excluding hydrogens is 1430 g/mol. The van der Waals surface area contributed by atoms with Crippen LogP contribution in [0.1, 0.15) is 123 Å². The standard InChI is InChI=1S/C74H109N9O24S/c1-18-44(6)62(56(95-15)39-59(88)83-29-22-25-54(83)63(96-16)45(7)68(89)77-53(72(93)97-17)37-50-23-20-19-21-24-50)81(13)71(92)60(42(2)3)78-69(90)61(43(4)5)82(14)74(94)102-40-51-26-27-55(52-38-58(108-67(51)52)70(91)80(12)30-32-99-34-36-100-35-33-98-31-28-76-79-75)106-73-66(105-49(11)87)65(104-48(10)86)64(103-47(9)85)57(107-73)41-101-46(8)84/h19-21,23-24,26-27,38,42-45,53-54,56-57,60-66,73H,18,22,25,28-37,39-41H2,1-17H3,(H,77,89)(H,78,90)/t44?,45-,53?,54+,56-,57-,60+,61+,62+,63-,64+,65+,66?,73-/m1/s1. The lowest BCUT2D eigenvalue weighted by atomic mass is 9.89. The second kappa shape index (κ2) is 44.6. The van der Waals surface area contributed by atoms with Crippen molar-refractivity contribution in [1.82, 2.24) is 30.2 Å². The first kappa shape index (κ1) is 89.9. The number of likely N-dealkylation sites (tertiary alicyclic amines) is 1. The van der Waals surface area contributed by atoms with Gasteiger partial charge in [0.25, 0.3) is 5.91 Å². The number of fused-ring (bicyclic) bond motifs is 1. The van der Waals surface area contributed by atoms with Crippen LogP contribution in [0.4, 0.5) is 4.79 Å². The van der Waals surface area contributed by atoms with Gasteiger partial charge in [0.1, 0.15) is 43.2 Å². The lowest BCUT2D eigenvalue weighted by molar-refractivity contribution is -0.288. The van der Waals surface area contributed by atoms with Crippen LogP contribution in [0.3, 0.4) is 0 Å². The molecule has 2 aliphatic rings. The molecule has 2 aliphatic heterocycles. The smallest absolute Gasteiger partial charge is 0.410 e. The predicted molar refractivity (Wildman–Crippen MR) is 391 cm³/mol. The van der Waals surface area contributed by atoms with E-state index in [0.717, 1.165) is 49.5 Å². The van der Waals surface area contributed by atoms with Crippen LogP contribution >= 0.6 is 11.3 Å². The quantitative estimate of drug-likeness (QED) is 0.0156. The van der Waals surface area contributed by atoms with E-state index in [1.807, 2.05) is 44.2 Å². The van der Waals surface area contributed by atoms with Gasteiger partial charge in [-0.25, -0.2) is 9.59 Å². The number of amides is 6. The number of hydrogen-bond donors (Lipinski definition) is 2. The number of thiophene rings is 1. The molecule has 0 aliphatic carbocycles. The molecule has 3 unspecified atom stereocenters. The van der Waals surface area contributed by atoms with Crippen LogP contribution in [0.5, 0.6) is 5.75 Å². The van der Waals surface area contributed by atoms with Crippen LogP contribution in [0.2, 0.25) is 0 Å². The van der Waals surface area contributed by atoms with Gasteiger partial charge in [0.2, 0.25) is 36.0 Å². The van der Waals surface area contributed by atoms with E-state index in [1.54, 1.807) is 53.6 Å². The zero-order chi connectivity index (χ0) is 80.1. The van der Waals surface area contributed by atoms with Gasteiger partial charge in [-0.05, 0) is 53.8 Å². The summed E-state index contributed by atoms with van der Waals surface area (Å²) < 4.78 is 75.0. The first-order chi connectivity index (χ1) is 51.3. The Labute approximate surface area is 634 Å². The highest BCUT2D eigenvalue weighted by Gasteiger charge is 2.54. The van der Waals surface area contributed by atoms with E-state index in [9.17, 15) is 47.9 Å². The fourth-order valence-electron chi connectivity index (χ4n) is 13.1. The molecule has 1 aromatic heterocycles. The molecule has 6 amide bonds. The van der Waals surface area contributed by atoms with Crippen molar-refractivity contribution in [3.63, 3.8) is 0 Å². The number of carbonyl (C=O) groups is 11. The monoisotopic (exact) mass is 1540 g/mol. The summed E-state index contributed by atoms with van der Waals surface area (Å²) >= 11 is 1.01. The second-order valence-electron chi connectivity index (χ2n) is 27.2. The average Bonchev–Trinajstić information content (AvgIpc) is 1.51. The van der Waals surface area contributed by atoms with E-state index >= 15 is 4.79 Å². The van der Waals surface area contributed by atoms with Gasteiger partial charge in [-0.2, -0.15) is 0 Å². The van der Waals surface area contributed by atoms with Crippen LogP contribution in [-0.4, -0.2) is 267 Å². The van der Waals surface area contributed by atoms with E-state index in [0.29, 0.717) is 36.1 Å². The Kier molecular flexibility index (Phi) is 37.1. The second-order valence-corrected chi connectivity index (χ2v) is 28.3. The largest absolute Gasteiger partial charge is 0.467 e. The van der Waals surface area contributed by atoms with Crippen LogP contribution in [0.25, 0.3) is 20.5 Å². The Balaban J connectivity index is 1.38. The molecule has 108 heavy (non-hydrogen) atoms. The Hall–Kier alpha value is -8.76. The molecule has 0 saturated carbocycles. The molecular formula is C74H109N9O24S. The van der Waals surface area contributed by atoms with Crippen molar-refractivity contribution < 1.29 is 114 Å². The Morgan fingerprint density at radius 1 is 0.731 bits per heavy atom. The number of nitrogens with zero attached hydrogens (tertiary/aromatic N) is 7. The third-order valence-corrected chi connectivity index (χ3v) is 19.9. The highest BCUT2D eigenvalue weighted by Crippen LogP contribution is 2.40. The van der Waals surface area contributed by atoms with Gasteiger partial charge < -0.3 is 86.9 Å². The zero-order valence-electron chi connectivity index (χ0n) is 65.0. The molecule has 5 rings (SSSR count). The fourth-order valence-corrected chi connectivity index (χ4v) is 14.3. The molecule has 3 aromatic rings. The fraction of sp³-hybridized carbons (Fsp3) is 0.662. The van der Waals surface area contributed by atoms with Gasteiger partial charge in [-0.15, -0.1) is 11.3 Å². The van der Waals surface area contributed by atoms with Crippen molar-refractivity contribution >= 4 is 86.9 Å². The first-order valence-electron chi connectivity index (χ1n) is 36.1. The minimum Gasteiger partial charge on any atom is -0.467 e. The molecule has 0 bridgehead atoms. The van der Waals surface area contributed by atoms with Crippen molar-refractivity contribution in [1.29, 1.82) is 0 Å². The van der Waals surface area contributed by atoms with E-state index in [4.69, 9.17) is 67.1 Å². The van der Waals surface area contributed by atoms with Gasteiger partial charge in [0.05, 0.1) is 88.3 Å². The van der Waals surface area contributed by atoms with Crippen molar-refractivity contribution in [3.05, 3.63) is 75.0 Å². The van der Waals surface area contributed by atoms with Crippen molar-refractivity contribution in [3.8, 4) is 5.75 Å². The summed E-state index contributed by atoms with van der Waals surface area (Å²) in [6.07, 6.45) is -8.56. The maximum Gasteiger partial charge on any atom is 0.410 e. The van der Waals surface area contributed by atoms with Gasteiger partial charge in [-0.1, -0.05) is 96.4 Å². The first-order valence-corrected chi connectivity index (χ1v) is 36.9. The van der Waals surface area contributed by atoms with E-state index < -0.39 is 164 Å². The van der Waals surface area contributed by atoms with E-state index in [2.05, 4.69) is 20.7 Å². The maximum atomic E-state index is 15.1. The van der Waals surface area contributed by atoms with Crippen LogP contribution in [-0.2, 0) is 113 Å². The number of esters is 5. The molecule has 2 aromatic carbocycles. The minimum atomic E-state index is -1.68. The van der Waals surface area contributed by atoms with Crippen molar-refractivity contribution in [2.75, 3.05) is 108 Å². The predicted octanol–water partition coefficient (Wildman–Crippen LogP) is 6.35. The summed E-state index contributed by atoms with van der Waals surface area (Å²) in [6.45, 7) is 18.0. The van der Waals surface area contributed by atoms with E-state index in [1.165, 1.54) is 56.4 Å². The molecule has 2 saturated heterocycles. The number of ether oxygens (including phenoxy) is 13. The minimum absolute atomic E-state index is 0.00765. The van der Waals surface area contributed by atoms with Gasteiger partial charge in [0.15, 0.2) is 12.2 Å². The van der Waals surface area contributed by atoms with Crippen molar-refractivity contribution in [2.24, 2.45) is 28.8 Å². The summed E-state index contributed by atoms with van der Waals surface area (Å²) in [7, 11) is 8.75. The lowest BCUT2D eigenvalue weighted by Gasteiger charge is -2.44. The summed E-state index contributed by atoms with van der Waals surface area (Å²) in [4.78, 5) is 159. The summed E-state index contributed by atoms with van der Waals surface area (Å²) in [5.41, 5.74) is 9.59. The SMILES string of the molecule is CCC(C)[C@@H]([C@@H](CC(=O)N1CCC[C@H]1[C@H](OC)[C@@H](C)C(=O)NC(Cc1ccccc1)C(=O)OC)OC)N(C)C(=O)[C@@H](NC(=O)[C@H](C(C)C)N(C)C(=O)OCc1ccc(O[C@@H]2O[C@H](COC(C)=O)[C@H](OC(C)=O)[C@H](OC(C)=O)C2OC(C)=O)c2cc(C(=O)N(C)CCOCCOCCOCCN=[N+]=[N-])sc12)C(C)C. The summed E-state index contributed by atoms with van der Waals surface area (Å²) in [5, 5.41) is 9.45. The van der Waals surface area contributed by atoms with Crippen LogP contribution in [0, 0.1) is 23.7 Å². The van der Waals surface area contributed by atoms with Crippen LogP contribution < -0.4 is 15.4 Å². The molecule has 600 valence electrons. The third-order valence-electron chi connectivity index (χ3n) is 18.7. The number of nitrogens with one attached hydrogen (secondary N) is 2. The molecule has 34 heteroatoms. The Morgan fingerprint density at radius 2 is 1.36 bits per heavy atom. The number of benzene rings is 2. The molecule has 2 fully saturated rings. The van der Waals surface area contributed by atoms with Crippen LogP contribution in [0.15, 0.2) is 53.6 Å². The number of likely N-dealkylation sites (N-methyl/N-ethyl adjacent to an activating group) is 3. The van der Waals surface area contributed by atoms with Gasteiger partial charge in [-0.3, -0.25) is 48.1 Å². The Morgan fingerprint density at radius 3 is 1.94 bits per heavy atom. The molecule has 3 heterocycles. The molecule has 14 atom stereocenters. The maximum absolute atomic E-state index is 15.1. The topological polar surface area (TPSA) is 394 Å². The molecule has 33 nitrogen and oxygen atoms in total. The third kappa shape index (κ3) is 26.0. The molecule has 0 radical (unpaired) electrons. The summed E-state index contributed by atoms with van der Waals surface area (Å²) in [5.74, 6) is -8.41. The average molecular weight is 1540 g/mol. The lowest BCUT2D eigenvalue weighted by Crippen LogP contribution is -2.63. The Bertz CT molecular complexity index is 3540. The number of methoxy groups -OCH3 is 3. The number of hydrogen-bond acceptors (Lipinski definition) is 26. The molecule has 0 spiro atoms. The van der Waals surface area contributed by atoms with Gasteiger partial charge in [0, 0.05) is 110 Å². The van der Waals surface area contributed by atoms with Gasteiger partial charge >= 0.3 is 35.9 Å². The van der Waals surface area contributed by atoms with E-state index in [-0.39, 0.29) is 93.4 Å². The molecule has 2 N–H and O–H groups in total. The number of carbonyl (C=O) groups excluding carboxylic acids is 11. The summed E-state index contributed by atoms with van der Waals surface area (Å²) in [6, 6.07) is 9.16. The van der Waals surface area contributed by atoms with Crippen molar-refractivity contribution in [2.45, 2.75) is 188 Å². The number of azide groups is 1. The number of rotatable bonds is 43. The highest BCUT2D eigenvalue weighted by molar-refractivity contribution is 7.21. The highest BCUT2D eigenvalue weighted by atomic mass is 32.1. The zero-order valence-corrected chi connectivity index (χ0v) is 65.8.